The highest BCUT2D eigenvalue weighted by Gasteiger charge is 2.04. The van der Waals surface area contributed by atoms with E-state index in [2.05, 4.69) is 0 Å². The van der Waals surface area contributed by atoms with Gasteiger partial charge in [-0.15, -0.1) is 0 Å². The minimum absolute atomic E-state index is 0.165. The van der Waals surface area contributed by atoms with Crippen LogP contribution in [0.3, 0.4) is 0 Å². The molecule has 0 aliphatic heterocycles. The summed E-state index contributed by atoms with van der Waals surface area (Å²) in [4.78, 5) is 11.0. The lowest BCUT2D eigenvalue weighted by molar-refractivity contribution is -0.114. The Morgan fingerprint density at radius 2 is 2.25 bits per heavy atom. The van der Waals surface area contributed by atoms with Crippen LogP contribution in [0.25, 0.3) is 0 Å². The maximum absolute atomic E-state index is 11.0. The molecule has 0 fully saturated rings. The first-order valence-electron chi connectivity index (χ1n) is 4.03. The van der Waals surface area contributed by atoms with Gasteiger partial charge in [-0.25, -0.2) is 0 Å². The quantitative estimate of drug-likeness (QED) is 0.590. The van der Waals surface area contributed by atoms with Crippen LogP contribution in [-0.4, -0.2) is 5.78 Å². The van der Waals surface area contributed by atoms with E-state index in [1.165, 1.54) is 0 Å². The smallest absolute Gasteiger partial charge is 0.156 e. The number of carbonyl (C=O) groups excluding carboxylic acids is 1. The number of hydrogen-bond acceptors (Lipinski definition) is 2. The van der Waals surface area contributed by atoms with Gasteiger partial charge in [0.2, 0.25) is 0 Å². The molecule has 1 aliphatic rings. The molecule has 0 aromatic carbocycles. The molecule has 0 radical (unpaired) electrons. The molecule has 1 aliphatic carbocycles. The highest BCUT2D eigenvalue weighted by atomic mass is 16.1. The van der Waals surface area contributed by atoms with Gasteiger partial charge in [-0.3, -0.25) is 4.79 Å². The van der Waals surface area contributed by atoms with Crippen molar-refractivity contribution in [2.75, 3.05) is 0 Å². The maximum Gasteiger partial charge on any atom is 0.156 e. The van der Waals surface area contributed by atoms with Crippen LogP contribution < -0.4 is 5.73 Å². The fourth-order valence-electron chi connectivity index (χ4n) is 1.16. The normalized spacial score (nSPS) is 28.9. The lowest BCUT2D eigenvalue weighted by Gasteiger charge is -2.07. The predicted molar refractivity (Wildman–Crippen MR) is 49.4 cm³/mol. The van der Waals surface area contributed by atoms with E-state index < -0.39 is 0 Å². The lowest BCUT2D eigenvalue weighted by atomic mass is 9.99. The summed E-state index contributed by atoms with van der Waals surface area (Å²) in [5.74, 6) is 0.165. The Morgan fingerprint density at radius 3 is 2.92 bits per heavy atom. The number of ketones is 1. The molecule has 64 valence electrons. The molecule has 2 heteroatoms. The monoisotopic (exact) mass is 163 g/mol. The van der Waals surface area contributed by atoms with Gasteiger partial charge >= 0.3 is 0 Å². The van der Waals surface area contributed by atoms with Crippen LogP contribution in [0.4, 0.5) is 0 Å². The average molecular weight is 163 g/mol. The van der Waals surface area contributed by atoms with E-state index in [4.69, 9.17) is 5.73 Å². The van der Waals surface area contributed by atoms with Gasteiger partial charge < -0.3 is 5.73 Å². The third-order valence-corrected chi connectivity index (χ3v) is 1.98. The Kier molecular flexibility index (Phi) is 2.86. The van der Waals surface area contributed by atoms with Crippen LogP contribution in [0.2, 0.25) is 0 Å². The molecule has 0 aromatic rings. The standard InChI is InChI=1S/C10H13NO/c1-8-3-2-4-10(12)6-5-9(8)7-11/h2-4,7H,5-6,11H2,1H3/b4-2-,8-3-,9-7+. The number of hydrogen-bond donors (Lipinski definition) is 1. The van der Waals surface area contributed by atoms with E-state index >= 15 is 0 Å². The van der Waals surface area contributed by atoms with Gasteiger partial charge in [0.1, 0.15) is 0 Å². The molecule has 0 aromatic heterocycles. The third kappa shape index (κ3) is 2.09. The molecule has 0 amide bonds. The Labute approximate surface area is 72.5 Å². The second-order valence-corrected chi connectivity index (χ2v) is 2.87. The maximum atomic E-state index is 11.0. The Balaban J connectivity index is 2.90. The topological polar surface area (TPSA) is 43.1 Å². The van der Waals surface area contributed by atoms with Gasteiger partial charge in [-0.1, -0.05) is 12.2 Å². The summed E-state index contributed by atoms with van der Waals surface area (Å²) in [5.41, 5.74) is 7.62. The SMILES string of the molecule is C/C1=C/C=C\C(=O)CC\C1=C/N. The van der Waals surface area contributed by atoms with Crippen molar-refractivity contribution in [3.8, 4) is 0 Å². The van der Waals surface area contributed by atoms with Crippen LogP contribution in [0.1, 0.15) is 19.8 Å². The third-order valence-electron chi connectivity index (χ3n) is 1.98. The number of carbonyl (C=O) groups is 1. The Morgan fingerprint density at radius 1 is 1.50 bits per heavy atom. The predicted octanol–water partition coefficient (Wildman–Crippen LogP) is 1.69. The molecule has 0 heterocycles. The highest BCUT2D eigenvalue weighted by Crippen LogP contribution is 2.16. The molecule has 2 nitrogen and oxygen atoms in total. The molecule has 2 N–H and O–H groups in total. The number of rotatable bonds is 0. The van der Waals surface area contributed by atoms with Crippen LogP contribution in [0.5, 0.6) is 0 Å². The van der Waals surface area contributed by atoms with E-state index in [1.54, 1.807) is 18.4 Å². The molecule has 0 bridgehead atoms. The van der Waals surface area contributed by atoms with Crippen molar-refractivity contribution in [2.45, 2.75) is 19.8 Å². The van der Waals surface area contributed by atoms with Gasteiger partial charge in [0.05, 0.1) is 0 Å². The minimum atomic E-state index is 0.165. The number of allylic oxidation sites excluding steroid dienone is 5. The summed E-state index contributed by atoms with van der Waals surface area (Å²) in [6, 6.07) is 0. The van der Waals surface area contributed by atoms with Crippen LogP contribution in [-0.2, 0) is 4.79 Å². The zero-order valence-electron chi connectivity index (χ0n) is 7.21. The highest BCUT2D eigenvalue weighted by molar-refractivity contribution is 5.90. The summed E-state index contributed by atoms with van der Waals surface area (Å²) in [7, 11) is 0. The molecule has 12 heavy (non-hydrogen) atoms. The van der Waals surface area contributed by atoms with E-state index in [0.29, 0.717) is 6.42 Å². The van der Waals surface area contributed by atoms with Gasteiger partial charge in [-0.05, 0) is 36.8 Å². The summed E-state index contributed by atoms with van der Waals surface area (Å²) in [6.07, 6.45) is 8.19. The van der Waals surface area contributed by atoms with Gasteiger partial charge in [0.15, 0.2) is 5.78 Å². The molecular weight excluding hydrogens is 150 g/mol. The van der Waals surface area contributed by atoms with Crippen molar-refractivity contribution in [2.24, 2.45) is 5.73 Å². The Hall–Kier alpha value is -1.31. The second kappa shape index (κ2) is 3.90. The van der Waals surface area contributed by atoms with Crippen molar-refractivity contribution in [1.29, 1.82) is 0 Å². The van der Waals surface area contributed by atoms with Crippen molar-refractivity contribution in [3.05, 3.63) is 35.6 Å². The second-order valence-electron chi connectivity index (χ2n) is 2.87. The first-order chi connectivity index (χ1) is 5.74. The molecule has 0 atom stereocenters. The van der Waals surface area contributed by atoms with Gasteiger partial charge in [0.25, 0.3) is 0 Å². The summed E-state index contributed by atoms with van der Waals surface area (Å²) in [6.45, 7) is 2.00. The van der Waals surface area contributed by atoms with E-state index in [0.717, 1.165) is 17.6 Å². The molecule has 0 spiro atoms. The van der Waals surface area contributed by atoms with Gasteiger partial charge in [-0.2, -0.15) is 0 Å². The van der Waals surface area contributed by atoms with E-state index in [9.17, 15) is 4.79 Å². The van der Waals surface area contributed by atoms with Crippen LogP contribution in [0, 0.1) is 0 Å². The fourth-order valence-corrected chi connectivity index (χ4v) is 1.16. The molecule has 0 saturated carbocycles. The van der Waals surface area contributed by atoms with Crippen LogP contribution in [0.15, 0.2) is 35.6 Å². The van der Waals surface area contributed by atoms with Crippen molar-refractivity contribution < 1.29 is 4.79 Å². The number of nitrogens with two attached hydrogens (primary N) is 1. The summed E-state index contributed by atoms with van der Waals surface area (Å²) in [5, 5.41) is 0. The van der Waals surface area contributed by atoms with Crippen LogP contribution >= 0.6 is 0 Å². The van der Waals surface area contributed by atoms with Crippen molar-refractivity contribution in [3.63, 3.8) is 0 Å². The van der Waals surface area contributed by atoms with Gasteiger partial charge in [0, 0.05) is 6.42 Å². The lowest BCUT2D eigenvalue weighted by Crippen LogP contribution is -1.99. The van der Waals surface area contributed by atoms with E-state index in [-0.39, 0.29) is 5.78 Å². The first kappa shape index (κ1) is 8.78. The molecule has 0 saturated heterocycles. The molecule has 1 rings (SSSR count). The molecular formula is C10H13NO. The minimum Gasteiger partial charge on any atom is -0.404 e. The summed E-state index contributed by atoms with van der Waals surface area (Å²) < 4.78 is 0. The largest absolute Gasteiger partial charge is 0.404 e. The summed E-state index contributed by atoms with van der Waals surface area (Å²) >= 11 is 0. The zero-order chi connectivity index (χ0) is 8.97. The fraction of sp³-hybridized carbons (Fsp3) is 0.300. The van der Waals surface area contributed by atoms with Crippen molar-refractivity contribution in [1.82, 2.24) is 0 Å². The Bertz CT molecular complexity index is 272. The first-order valence-corrected chi connectivity index (χ1v) is 4.03. The van der Waals surface area contributed by atoms with E-state index in [1.807, 2.05) is 13.0 Å². The zero-order valence-corrected chi connectivity index (χ0v) is 7.21. The average Bonchev–Trinajstić information content (AvgIpc) is 2.03. The van der Waals surface area contributed by atoms with Crippen molar-refractivity contribution >= 4 is 5.78 Å². The molecule has 0 unspecified atom stereocenters.